The minimum absolute atomic E-state index is 0.571. The third-order valence-corrected chi connectivity index (χ3v) is 2.35. The Kier molecular flexibility index (Phi) is 5.34. The fourth-order valence-electron chi connectivity index (χ4n) is 1.61. The molecule has 1 aromatic rings. The van der Waals surface area contributed by atoms with Gasteiger partial charge >= 0.3 is 0 Å². The Bertz CT molecular complexity index is 475. The van der Waals surface area contributed by atoms with E-state index in [9.17, 15) is 0 Å². The summed E-state index contributed by atoms with van der Waals surface area (Å²) in [6, 6.07) is 4.05. The van der Waals surface area contributed by atoms with Gasteiger partial charge in [-0.3, -0.25) is 4.98 Å². The van der Waals surface area contributed by atoms with Crippen molar-refractivity contribution in [2.45, 2.75) is 20.8 Å². The zero-order valence-electron chi connectivity index (χ0n) is 11.2. The average Bonchev–Trinajstić information content (AvgIpc) is 2.27. The Labute approximate surface area is 108 Å². The van der Waals surface area contributed by atoms with Crippen LogP contribution in [-0.4, -0.2) is 24.7 Å². The van der Waals surface area contributed by atoms with Crippen molar-refractivity contribution in [3.63, 3.8) is 0 Å². The van der Waals surface area contributed by atoms with Gasteiger partial charge in [-0.2, -0.15) is 5.26 Å². The molecule has 1 rings (SSSR count). The number of ether oxygens (including phenoxy) is 1. The van der Waals surface area contributed by atoms with Gasteiger partial charge in [-0.1, -0.05) is 12.2 Å². The number of rotatable bonds is 6. The second-order valence-electron chi connectivity index (χ2n) is 4.32. The number of nitriles is 1. The SMILES string of the molecule is C=C(C)COCCNc1cc(C)nc(C)c1C#N. The van der Waals surface area contributed by atoms with E-state index in [0.717, 1.165) is 22.6 Å². The summed E-state index contributed by atoms with van der Waals surface area (Å²) in [5.41, 5.74) is 4.07. The number of hydrogen-bond acceptors (Lipinski definition) is 4. The lowest BCUT2D eigenvalue weighted by Gasteiger charge is -2.11. The molecule has 1 heterocycles. The van der Waals surface area contributed by atoms with E-state index in [2.05, 4.69) is 22.9 Å². The number of hydrogen-bond donors (Lipinski definition) is 1. The second-order valence-corrected chi connectivity index (χ2v) is 4.32. The summed E-state index contributed by atoms with van der Waals surface area (Å²) in [6.07, 6.45) is 0. The van der Waals surface area contributed by atoms with Gasteiger partial charge in [0.15, 0.2) is 0 Å². The fourth-order valence-corrected chi connectivity index (χ4v) is 1.61. The van der Waals surface area contributed by atoms with E-state index in [0.29, 0.717) is 25.3 Å². The highest BCUT2D eigenvalue weighted by molar-refractivity contribution is 5.59. The molecule has 0 radical (unpaired) electrons. The molecule has 0 bridgehead atoms. The molecule has 18 heavy (non-hydrogen) atoms. The molecule has 0 saturated carbocycles. The van der Waals surface area contributed by atoms with Gasteiger partial charge in [-0.25, -0.2) is 0 Å². The third kappa shape index (κ3) is 4.19. The van der Waals surface area contributed by atoms with Gasteiger partial charge in [-0.05, 0) is 26.8 Å². The predicted molar refractivity (Wildman–Crippen MR) is 72.5 cm³/mol. The van der Waals surface area contributed by atoms with Crippen molar-refractivity contribution in [1.82, 2.24) is 4.98 Å². The molecule has 0 aromatic carbocycles. The number of pyridine rings is 1. The van der Waals surface area contributed by atoms with Crippen LogP contribution in [0.25, 0.3) is 0 Å². The Hall–Kier alpha value is -1.86. The number of nitrogens with one attached hydrogen (secondary N) is 1. The highest BCUT2D eigenvalue weighted by Crippen LogP contribution is 2.18. The van der Waals surface area contributed by atoms with Crippen molar-refractivity contribution in [3.8, 4) is 6.07 Å². The molecular weight excluding hydrogens is 226 g/mol. The first kappa shape index (κ1) is 14.2. The molecule has 0 aliphatic rings. The smallest absolute Gasteiger partial charge is 0.103 e. The first-order valence-corrected chi connectivity index (χ1v) is 5.89. The second kappa shape index (κ2) is 6.77. The molecule has 0 aliphatic heterocycles. The van der Waals surface area contributed by atoms with Crippen LogP contribution in [0.2, 0.25) is 0 Å². The lowest BCUT2D eigenvalue weighted by atomic mass is 10.1. The third-order valence-electron chi connectivity index (χ3n) is 2.35. The van der Waals surface area contributed by atoms with Gasteiger partial charge in [0, 0.05) is 12.2 Å². The molecule has 0 saturated heterocycles. The first-order valence-electron chi connectivity index (χ1n) is 5.89. The van der Waals surface area contributed by atoms with Crippen molar-refractivity contribution < 1.29 is 4.74 Å². The first-order chi connectivity index (χ1) is 8.54. The molecule has 0 aliphatic carbocycles. The average molecular weight is 245 g/mol. The fraction of sp³-hybridized carbons (Fsp3) is 0.429. The molecule has 96 valence electrons. The zero-order valence-corrected chi connectivity index (χ0v) is 11.2. The van der Waals surface area contributed by atoms with Crippen molar-refractivity contribution in [2.75, 3.05) is 25.1 Å². The van der Waals surface area contributed by atoms with Crippen LogP contribution < -0.4 is 5.32 Å². The molecule has 0 fully saturated rings. The summed E-state index contributed by atoms with van der Waals surface area (Å²) in [6.45, 7) is 11.3. The van der Waals surface area contributed by atoms with E-state index < -0.39 is 0 Å². The summed E-state index contributed by atoms with van der Waals surface area (Å²) >= 11 is 0. The van der Waals surface area contributed by atoms with Crippen LogP contribution >= 0.6 is 0 Å². The van der Waals surface area contributed by atoms with Crippen LogP contribution in [0.15, 0.2) is 18.2 Å². The van der Waals surface area contributed by atoms with E-state index in [4.69, 9.17) is 10.00 Å². The number of aromatic nitrogens is 1. The maximum Gasteiger partial charge on any atom is 0.103 e. The summed E-state index contributed by atoms with van der Waals surface area (Å²) in [5, 5.41) is 12.3. The largest absolute Gasteiger partial charge is 0.382 e. The zero-order chi connectivity index (χ0) is 13.5. The molecule has 0 spiro atoms. The Morgan fingerprint density at radius 1 is 1.56 bits per heavy atom. The van der Waals surface area contributed by atoms with Crippen LogP contribution in [0.5, 0.6) is 0 Å². The van der Waals surface area contributed by atoms with Gasteiger partial charge in [0.1, 0.15) is 6.07 Å². The van der Waals surface area contributed by atoms with E-state index in [1.54, 1.807) is 0 Å². The van der Waals surface area contributed by atoms with Crippen LogP contribution in [0.3, 0.4) is 0 Å². The molecule has 1 N–H and O–H groups in total. The summed E-state index contributed by atoms with van der Waals surface area (Å²) in [4.78, 5) is 4.27. The van der Waals surface area contributed by atoms with Crippen molar-refractivity contribution in [1.29, 1.82) is 5.26 Å². The highest BCUT2D eigenvalue weighted by atomic mass is 16.5. The lowest BCUT2D eigenvalue weighted by Crippen LogP contribution is -2.12. The van der Waals surface area contributed by atoms with E-state index in [1.165, 1.54) is 0 Å². The monoisotopic (exact) mass is 245 g/mol. The van der Waals surface area contributed by atoms with Crippen LogP contribution in [-0.2, 0) is 4.74 Å². The van der Waals surface area contributed by atoms with Crippen LogP contribution in [0.1, 0.15) is 23.9 Å². The van der Waals surface area contributed by atoms with Gasteiger partial charge in [0.05, 0.1) is 30.2 Å². The molecule has 0 atom stereocenters. The Morgan fingerprint density at radius 2 is 2.28 bits per heavy atom. The van der Waals surface area contributed by atoms with Gasteiger partial charge < -0.3 is 10.1 Å². The van der Waals surface area contributed by atoms with Gasteiger partial charge in [0.25, 0.3) is 0 Å². The van der Waals surface area contributed by atoms with E-state index in [-0.39, 0.29) is 0 Å². The molecule has 1 aromatic heterocycles. The minimum Gasteiger partial charge on any atom is -0.382 e. The molecule has 0 amide bonds. The van der Waals surface area contributed by atoms with Crippen molar-refractivity contribution in [2.24, 2.45) is 0 Å². The highest BCUT2D eigenvalue weighted by Gasteiger charge is 2.07. The Balaban J connectivity index is 2.57. The maximum absolute atomic E-state index is 9.09. The van der Waals surface area contributed by atoms with Gasteiger partial charge in [-0.15, -0.1) is 0 Å². The maximum atomic E-state index is 9.09. The van der Waals surface area contributed by atoms with E-state index >= 15 is 0 Å². The quantitative estimate of drug-likeness (QED) is 0.618. The Morgan fingerprint density at radius 3 is 2.89 bits per heavy atom. The van der Waals surface area contributed by atoms with Gasteiger partial charge in [0.2, 0.25) is 0 Å². The summed E-state index contributed by atoms with van der Waals surface area (Å²) in [5.74, 6) is 0. The summed E-state index contributed by atoms with van der Waals surface area (Å²) < 4.78 is 5.39. The standard InChI is InChI=1S/C14H19N3O/c1-10(2)9-18-6-5-16-14-7-11(3)17-12(4)13(14)8-15/h7H,1,5-6,9H2,2-4H3,(H,16,17). The summed E-state index contributed by atoms with van der Waals surface area (Å²) in [7, 11) is 0. The lowest BCUT2D eigenvalue weighted by molar-refractivity contribution is 0.167. The number of aryl methyl sites for hydroxylation is 2. The number of nitrogens with zero attached hydrogens (tertiary/aromatic N) is 2. The molecule has 4 heteroatoms. The van der Waals surface area contributed by atoms with Crippen LogP contribution in [0, 0.1) is 25.2 Å². The molecule has 4 nitrogen and oxygen atoms in total. The topological polar surface area (TPSA) is 57.9 Å². The normalized spacial score (nSPS) is 9.89. The van der Waals surface area contributed by atoms with Crippen molar-refractivity contribution >= 4 is 5.69 Å². The van der Waals surface area contributed by atoms with Crippen LogP contribution in [0.4, 0.5) is 5.69 Å². The molecule has 0 unspecified atom stereocenters. The predicted octanol–water partition coefficient (Wildman–Crippen LogP) is 2.57. The van der Waals surface area contributed by atoms with E-state index in [1.807, 2.05) is 26.8 Å². The van der Waals surface area contributed by atoms with Crippen molar-refractivity contribution in [3.05, 3.63) is 35.2 Å². The minimum atomic E-state index is 0.571. The number of anilines is 1. The molecular formula is C14H19N3O.